The molecule has 2 aromatic carbocycles. The van der Waals surface area contributed by atoms with Gasteiger partial charge in [-0.25, -0.2) is 0 Å². The first-order chi connectivity index (χ1) is 17.2. The molecule has 9 nitrogen and oxygen atoms in total. The third-order valence-electron chi connectivity index (χ3n) is 5.39. The van der Waals surface area contributed by atoms with Crippen LogP contribution in [0.3, 0.4) is 0 Å². The van der Waals surface area contributed by atoms with Gasteiger partial charge in [-0.2, -0.15) is 13.2 Å². The lowest BCUT2D eigenvalue weighted by Gasteiger charge is -2.29. The van der Waals surface area contributed by atoms with Gasteiger partial charge >= 0.3 is 18.5 Å². The van der Waals surface area contributed by atoms with Gasteiger partial charge in [-0.3, -0.25) is 19.0 Å². The van der Waals surface area contributed by atoms with Gasteiger partial charge in [0.05, 0.1) is 17.5 Å². The van der Waals surface area contributed by atoms with Gasteiger partial charge in [-0.1, -0.05) is 12.1 Å². The number of carbonyl (C=O) groups excluding carboxylic acids is 1. The molecule has 0 saturated carbocycles. The molecule has 1 aliphatic heterocycles. The van der Waals surface area contributed by atoms with Crippen LogP contribution in [-0.2, 0) is 17.5 Å². The SMILES string of the molecule is O=C(O)CNC(=O)c1c(O)c2c(OC(F)(F)F)ccc3c2n(c1=O)CC(c1ccc(C(F)(F)F)cc1)O3. The van der Waals surface area contributed by atoms with Crippen LogP contribution in [0.4, 0.5) is 26.3 Å². The predicted molar refractivity (Wildman–Crippen MR) is 111 cm³/mol. The molecule has 3 aromatic rings. The van der Waals surface area contributed by atoms with Crippen LogP contribution >= 0.6 is 0 Å². The molecular formula is C22H14F6N2O7. The van der Waals surface area contributed by atoms with Crippen molar-refractivity contribution in [2.24, 2.45) is 0 Å². The third-order valence-corrected chi connectivity index (χ3v) is 5.39. The first-order valence-electron chi connectivity index (χ1n) is 10.2. The van der Waals surface area contributed by atoms with Crippen molar-refractivity contribution in [1.29, 1.82) is 0 Å². The number of carbonyl (C=O) groups is 2. The number of hydrogen-bond donors (Lipinski definition) is 3. The number of nitrogens with one attached hydrogen (secondary N) is 1. The number of benzene rings is 2. The summed E-state index contributed by atoms with van der Waals surface area (Å²) in [5.41, 5.74) is -3.44. The van der Waals surface area contributed by atoms with E-state index >= 15 is 0 Å². The number of aliphatic carboxylic acids is 1. The van der Waals surface area contributed by atoms with Crippen molar-refractivity contribution in [2.45, 2.75) is 25.2 Å². The smallest absolute Gasteiger partial charge is 0.506 e. The molecule has 1 unspecified atom stereocenters. The summed E-state index contributed by atoms with van der Waals surface area (Å²) in [6.07, 6.45) is -11.0. The maximum absolute atomic E-state index is 13.2. The van der Waals surface area contributed by atoms with E-state index in [4.69, 9.17) is 9.84 Å². The first-order valence-corrected chi connectivity index (χ1v) is 10.2. The second-order valence-corrected chi connectivity index (χ2v) is 7.78. The Bertz CT molecular complexity index is 1460. The Morgan fingerprint density at radius 2 is 1.73 bits per heavy atom. The molecule has 1 amide bonds. The van der Waals surface area contributed by atoms with E-state index in [1.807, 2.05) is 5.32 Å². The Labute approximate surface area is 201 Å². The fourth-order valence-corrected chi connectivity index (χ4v) is 3.86. The Kier molecular flexibility index (Phi) is 6.17. The summed E-state index contributed by atoms with van der Waals surface area (Å²) in [6.45, 7) is -1.46. The topological polar surface area (TPSA) is 127 Å². The molecule has 0 saturated heterocycles. The van der Waals surface area contributed by atoms with E-state index in [1.54, 1.807) is 0 Å². The summed E-state index contributed by atoms with van der Waals surface area (Å²) in [7, 11) is 0. The zero-order valence-corrected chi connectivity index (χ0v) is 18.1. The number of halogens is 6. The minimum atomic E-state index is -5.23. The zero-order valence-electron chi connectivity index (χ0n) is 18.1. The average molecular weight is 532 g/mol. The van der Waals surface area contributed by atoms with Crippen LogP contribution in [0.15, 0.2) is 41.2 Å². The monoisotopic (exact) mass is 532 g/mol. The van der Waals surface area contributed by atoms with Crippen LogP contribution in [0.25, 0.3) is 10.9 Å². The minimum Gasteiger partial charge on any atom is -0.506 e. The average Bonchev–Trinajstić information content (AvgIpc) is 2.80. The summed E-state index contributed by atoms with van der Waals surface area (Å²) in [5.74, 6) is -5.32. The number of ether oxygens (including phenoxy) is 2. The number of alkyl halides is 6. The van der Waals surface area contributed by atoms with Crippen molar-refractivity contribution in [1.82, 2.24) is 9.88 Å². The maximum atomic E-state index is 13.2. The van der Waals surface area contributed by atoms with E-state index < -0.39 is 77.2 Å². The van der Waals surface area contributed by atoms with Crippen LogP contribution < -0.4 is 20.3 Å². The minimum absolute atomic E-state index is 0.166. The fourth-order valence-electron chi connectivity index (χ4n) is 3.86. The molecule has 0 bridgehead atoms. The number of aromatic hydroxyl groups is 1. The lowest BCUT2D eigenvalue weighted by atomic mass is 10.0. The van der Waals surface area contributed by atoms with Crippen LogP contribution in [-0.4, -0.2) is 39.6 Å². The second-order valence-electron chi connectivity index (χ2n) is 7.78. The second kappa shape index (κ2) is 8.90. The fraction of sp³-hybridized carbons (Fsp3) is 0.227. The van der Waals surface area contributed by atoms with Gasteiger partial charge in [0.15, 0.2) is 0 Å². The summed E-state index contributed by atoms with van der Waals surface area (Å²) < 4.78 is 88.3. The lowest BCUT2D eigenvalue weighted by Crippen LogP contribution is -2.38. The third kappa shape index (κ3) is 4.96. The number of amides is 1. The molecular weight excluding hydrogens is 518 g/mol. The van der Waals surface area contributed by atoms with Crippen molar-refractivity contribution < 1.29 is 55.6 Å². The van der Waals surface area contributed by atoms with Gasteiger partial charge in [-0.05, 0) is 29.8 Å². The van der Waals surface area contributed by atoms with E-state index in [-0.39, 0.29) is 16.8 Å². The van der Waals surface area contributed by atoms with E-state index in [9.17, 15) is 45.8 Å². The standard InChI is InChI=1S/C22H14F6N2O7/c23-21(24,25)10-3-1-9(2-4-10)13-8-30-17-12(36-13)6-5-11(37-22(26,27)28)15(17)18(33)16(20(30)35)19(34)29-7-14(31)32/h1-6,13,33H,7-8H2,(H,29,34)(H,31,32). The highest BCUT2D eigenvalue weighted by molar-refractivity contribution is 6.06. The van der Waals surface area contributed by atoms with E-state index in [2.05, 4.69) is 4.74 Å². The molecule has 4 rings (SSSR count). The van der Waals surface area contributed by atoms with Gasteiger partial charge < -0.3 is 25.0 Å². The molecule has 3 N–H and O–H groups in total. The number of nitrogens with zero attached hydrogens (tertiary/aromatic N) is 1. The van der Waals surface area contributed by atoms with Gasteiger partial charge in [0.25, 0.3) is 11.5 Å². The van der Waals surface area contributed by atoms with Gasteiger partial charge in [0, 0.05) is 0 Å². The maximum Gasteiger partial charge on any atom is 0.573 e. The highest BCUT2D eigenvalue weighted by Gasteiger charge is 2.37. The highest BCUT2D eigenvalue weighted by Crippen LogP contribution is 2.45. The first kappa shape index (κ1) is 25.7. The van der Waals surface area contributed by atoms with Crippen LogP contribution in [0.5, 0.6) is 17.2 Å². The van der Waals surface area contributed by atoms with Gasteiger partial charge in [0.2, 0.25) is 0 Å². The molecule has 0 fully saturated rings. The zero-order chi connectivity index (χ0) is 27.3. The molecule has 0 aliphatic carbocycles. The quantitative estimate of drug-likeness (QED) is 0.429. The largest absolute Gasteiger partial charge is 0.573 e. The number of aromatic nitrogens is 1. The van der Waals surface area contributed by atoms with Crippen molar-refractivity contribution in [3.8, 4) is 17.2 Å². The summed E-state index contributed by atoms with van der Waals surface area (Å²) in [5, 5.41) is 20.6. The Hall–Kier alpha value is -4.43. The van der Waals surface area contributed by atoms with E-state index in [0.29, 0.717) is 0 Å². The molecule has 0 spiro atoms. The summed E-state index contributed by atoms with van der Waals surface area (Å²) in [4.78, 5) is 36.5. The van der Waals surface area contributed by atoms with Crippen LogP contribution in [0.2, 0.25) is 0 Å². The molecule has 1 atom stereocenters. The Morgan fingerprint density at radius 1 is 1.08 bits per heavy atom. The van der Waals surface area contributed by atoms with Crippen LogP contribution in [0.1, 0.15) is 27.6 Å². The number of hydrogen-bond acceptors (Lipinski definition) is 6. The van der Waals surface area contributed by atoms with Crippen molar-refractivity contribution >= 4 is 22.8 Å². The molecule has 2 heterocycles. The van der Waals surface area contributed by atoms with Crippen LogP contribution in [0, 0.1) is 0 Å². The summed E-state index contributed by atoms with van der Waals surface area (Å²) >= 11 is 0. The highest BCUT2D eigenvalue weighted by atomic mass is 19.4. The van der Waals surface area contributed by atoms with E-state index in [0.717, 1.165) is 41.0 Å². The van der Waals surface area contributed by atoms with Crippen molar-refractivity contribution in [2.75, 3.05) is 6.54 Å². The molecule has 196 valence electrons. The normalized spacial score (nSPS) is 15.2. The number of rotatable bonds is 5. The molecule has 37 heavy (non-hydrogen) atoms. The lowest BCUT2D eigenvalue weighted by molar-refractivity contribution is -0.274. The van der Waals surface area contributed by atoms with E-state index in [1.165, 1.54) is 0 Å². The number of carboxylic acid groups (broad SMARTS) is 1. The van der Waals surface area contributed by atoms with Crippen molar-refractivity contribution in [3.05, 3.63) is 63.4 Å². The molecule has 1 aromatic heterocycles. The Morgan fingerprint density at radius 3 is 2.30 bits per heavy atom. The molecule has 0 radical (unpaired) electrons. The molecule has 15 heteroatoms. The predicted octanol–water partition coefficient (Wildman–Crippen LogP) is 3.57. The number of pyridine rings is 1. The van der Waals surface area contributed by atoms with Gasteiger partial charge in [-0.15, -0.1) is 13.2 Å². The Balaban J connectivity index is 1.89. The van der Waals surface area contributed by atoms with Crippen molar-refractivity contribution in [3.63, 3.8) is 0 Å². The van der Waals surface area contributed by atoms with Gasteiger partial charge in [0.1, 0.15) is 41.0 Å². The summed E-state index contributed by atoms with van der Waals surface area (Å²) in [6, 6.07) is 5.47. The number of carboxylic acids is 1. The molecule has 1 aliphatic rings.